The molecule has 0 bridgehead atoms. The number of rotatable bonds is 68. The molecule has 6 nitrogen and oxygen atoms in total. The van der Waals surface area contributed by atoms with Gasteiger partial charge in [-0.3, -0.25) is 4.79 Å². The number of unbranched alkanes of at least 4 members (excludes halogenated alkanes) is 49. The lowest BCUT2D eigenvalue weighted by Gasteiger charge is -2.27. The average molecular weight is 1150 g/mol. The Labute approximate surface area is 512 Å². The van der Waals surface area contributed by atoms with Crippen LogP contribution in [0.15, 0.2) is 60.8 Å². The van der Waals surface area contributed by atoms with Crippen molar-refractivity contribution in [1.82, 2.24) is 5.32 Å². The van der Waals surface area contributed by atoms with Crippen LogP contribution in [0.1, 0.15) is 386 Å². The molecule has 0 rings (SSSR count). The van der Waals surface area contributed by atoms with Gasteiger partial charge in [-0.25, -0.2) is 0 Å². The monoisotopic (exact) mass is 1150 g/mol. The van der Waals surface area contributed by atoms with Gasteiger partial charge in [0.15, 0.2) is 0 Å². The number of amides is 1. The number of carbonyl (C=O) groups is 1. The van der Waals surface area contributed by atoms with Crippen molar-refractivity contribution in [2.75, 3.05) is 6.61 Å². The third-order valence-corrected chi connectivity index (χ3v) is 17.2. The SMILES string of the molecule is CCCCCCCCCCCCCCC/C=C\C/C=C\CCCCCCCCCCCCCCCCCCC(O)C(=O)NC(CO)C(O)C(O)CCC/C=C/CC/C=C/CC/C=C/CCCCCCCCCCCCCCCCCCC. The topological polar surface area (TPSA) is 110 Å². The molecule has 0 radical (unpaired) electrons. The quantitative estimate of drug-likeness (QED) is 0.0308. The summed E-state index contributed by atoms with van der Waals surface area (Å²) in [6.45, 7) is 4.09. The molecule has 5 N–H and O–H groups in total. The van der Waals surface area contributed by atoms with Crippen molar-refractivity contribution in [2.24, 2.45) is 0 Å². The van der Waals surface area contributed by atoms with Gasteiger partial charge in [-0.2, -0.15) is 0 Å². The van der Waals surface area contributed by atoms with Crippen molar-refractivity contribution in [3.05, 3.63) is 60.8 Å². The Bertz CT molecular complexity index is 1390. The second-order valence-electron chi connectivity index (χ2n) is 25.3. The molecule has 0 aromatic heterocycles. The van der Waals surface area contributed by atoms with E-state index in [4.69, 9.17) is 0 Å². The predicted octanol–water partition coefficient (Wildman–Crippen LogP) is 23.0. The van der Waals surface area contributed by atoms with Crippen molar-refractivity contribution in [2.45, 2.75) is 411 Å². The predicted molar refractivity (Wildman–Crippen MR) is 362 cm³/mol. The molecule has 0 saturated heterocycles. The molecule has 0 saturated carbocycles. The Balaban J connectivity index is 3.61. The maximum absolute atomic E-state index is 12.7. The molecule has 0 aromatic carbocycles. The number of allylic oxidation sites excluding steroid dienone is 10. The van der Waals surface area contributed by atoms with Crippen molar-refractivity contribution in [3.8, 4) is 0 Å². The minimum atomic E-state index is -1.30. The first-order valence-electron chi connectivity index (χ1n) is 36.7. The molecule has 0 aliphatic heterocycles. The van der Waals surface area contributed by atoms with E-state index in [0.717, 1.165) is 57.8 Å². The maximum Gasteiger partial charge on any atom is 0.249 e. The van der Waals surface area contributed by atoms with E-state index in [1.165, 1.54) is 295 Å². The summed E-state index contributed by atoms with van der Waals surface area (Å²) in [5.74, 6) is -0.596. The van der Waals surface area contributed by atoms with Crippen LogP contribution < -0.4 is 5.32 Å². The van der Waals surface area contributed by atoms with Gasteiger partial charge in [0.25, 0.3) is 0 Å². The van der Waals surface area contributed by atoms with Crippen LogP contribution in [0, 0.1) is 0 Å². The van der Waals surface area contributed by atoms with Crippen LogP contribution in [0.25, 0.3) is 0 Å². The Morgan fingerprint density at radius 2 is 0.549 bits per heavy atom. The molecule has 4 unspecified atom stereocenters. The highest BCUT2D eigenvalue weighted by Gasteiger charge is 2.28. The summed E-state index contributed by atoms with van der Waals surface area (Å²) in [6.07, 6.45) is 93.6. The Hall–Kier alpha value is -1.99. The second kappa shape index (κ2) is 69.8. The van der Waals surface area contributed by atoms with Gasteiger partial charge in [0.1, 0.15) is 12.2 Å². The molecule has 0 aliphatic carbocycles. The van der Waals surface area contributed by atoms with Gasteiger partial charge in [-0.05, 0) is 96.3 Å². The summed E-state index contributed by atoms with van der Waals surface area (Å²) in [6, 6.07) is -1.02. The van der Waals surface area contributed by atoms with E-state index in [2.05, 4.69) is 79.9 Å². The third kappa shape index (κ3) is 62.5. The fourth-order valence-electron chi connectivity index (χ4n) is 11.5. The molecule has 6 heteroatoms. The van der Waals surface area contributed by atoms with E-state index < -0.39 is 36.9 Å². The van der Waals surface area contributed by atoms with Gasteiger partial charge in [0.05, 0.1) is 18.8 Å². The summed E-state index contributed by atoms with van der Waals surface area (Å²) in [5, 5.41) is 44.2. The highest BCUT2D eigenvalue weighted by atomic mass is 16.3. The molecule has 0 aromatic rings. The molecule has 0 spiro atoms. The van der Waals surface area contributed by atoms with Crippen LogP contribution >= 0.6 is 0 Å². The van der Waals surface area contributed by atoms with Crippen molar-refractivity contribution in [1.29, 1.82) is 0 Å². The highest BCUT2D eigenvalue weighted by molar-refractivity contribution is 5.80. The summed E-state index contributed by atoms with van der Waals surface area (Å²) in [5.41, 5.74) is 0. The first kappa shape index (κ1) is 80.0. The third-order valence-electron chi connectivity index (χ3n) is 17.2. The van der Waals surface area contributed by atoms with Crippen LogP contribution in [0.5, 0.6) is 0 Å². The van der Waals surface area contributed by atoms with Crippen LogP contribution in [0.3, 0.4) is 0 Å². The molecular weight excluding hydrogens is 1010 g/mol. The van der Waals surface area contributed by atoms with E-state index in [0.29, 0.717) is 19.3 Å². The average Bonchev–Trinajstić information content (AvgIpc) is 3.49. The number of carbonyl (C=O) groups excluding carboxylic acids is 1. The van der Waals surface area contributed by atoms with E-state index in [1.54, 1.807) is 0 Å². The Kier molecular flexibility index (Phi) is 68.1. The van der Waals surface area contributed by atoms with E-state index in [9.17, 15) is 25.2 Å². The Morgan fingerprint density at radius 3 is 0.841 bits per heavy atom. The summed E-state index contributed by atoms with van der Waals surface area (Å²) in [7, 11) is 0. The molecular formula is C76H143NO5. The van der Waals surface area contributed by atoms with Crippen LogP contribution in [0.2, 0.25) is 0 Å². The number of aliphatic hydroxyl groups excluding tert-OH is 4. The zero-order valence-corrected chi connectivity index (χ0v) is 55.0. The molecule has 82 heavy (non-hydrogen) atoms. The molecule has 0 heterocycles. The second-order valence-corrected chi connectivity index (χ2v) is 25.3. The van der Waals surface area contributed by atoms with Gasteiger partial charge < -0.3 is 25.7 Å². The van der Waals surface area contributed by atoms with E-state index in [1.807, 2.05) is 0 Å². The fourth-order valence-corrected chi connectivity index (χ4v) is 11.5. The van der Waals surface area contributed by atoms with Crippen molar-refractivity contribution < 1.29 is 25.2 Å². The zero-order chi connectivity index (χ0) is 59.4. The Morgan fingerprint density at radius 1 is 0.305 bits per heavy atom. The molecule has 1 amide bonds. The van der Waals surface area contributed by atoms with Gasteiger partial charge in [-0.15, -0.1) is 0 Å². The van der Waals surface area contributed by atoms with E-state index >= 15 is 0 Å². The molecule has 0 fully saturated rings. The minimum absolute atomic E-state index is 0.358. The summed E-state index contributed by atoms with van der Waals surface area (Å²) >= 11 is 0. The zero-order valence-electron chi connectivity index (χ0n) is 55.0. The smallest absolute Gasteiger partial charge is 0.249 e. The number of nitrogens with one attached hydrogen (secondary N) is 1. The normalized spacial score (nSPS) is 13.8. The molecule has 4 atom stereocenters. The minimum Gasteiger partial charge on any atom is -0.394 e. The summed E-state index contributed by atoms with van der Waals surface area (Å²) in [4.78, 5) is 12.7. The first-order chi connectivity index (χ1) is 40.5. The van der Waals surface area contributed by atoms with E-state index in [-0.39, 0.29) is 0 Å². The largest absolute Gasteiger partial charge is 0.394 e. The van der Waals surface area contributed by atoms with Crippen molar-refractivity contribution >= 4 is 5.91 Å². The fraction of sp³-hybridized carbons (Fsp3) is 0.855. The number of aliphatic hydroxyl groups is 4. The van der Waals surface area contributed by atoms with Crippen molar-refractivity contribution in [3.63, 3.8) is 0 Å². The van der Waals surface area contributed by atoms with Crippen LogP contribution in [-0.2, 0) is 4.79 Å². The maximum atomic E-state index is 12.7. The highest BCUT2D eigenvalue weighted by Crippen LogP contribution is 2.19. The van der Waals surface area contributed by atoms with Gasteiger partial charge in [-0.1, -0.05) is 351 Å². The molecule has 0 aliphatic rings. The number of hydrogen-bond acceptors (Lipinski definition) is 5. The van der Waals surface area contributed by atoms with Gasteiger partial charge in [0, 0.05) is 0 Å². The lowest BCUT2D eigenvalue weighted by molar-refractivity contribution is -0.132. The van der Waals surface area contributed by atoms with Gasteiger partial charge >= 0.3 is 0 Å². The summed E-state index contributed by atoms with van der Waals surface area (Å²) < 4.78 is 0. The lowest BCUT2D eigenvalue weighted by Crippen LogP contribution is -2.53. The first-order valence-corrected chi connectivity index (χ1v) is 36.7. The van der Waals surface area contributed by atoms with Gasteiger partial charge in [0.2, 0.25) is 5.91 Å². The number of hydrogen-bond donors (Lipinski definition) is 5. The van der Waals surface area contributed by atoms with Crippen LogP contribution in [-0.4, -0.2) is 57.3 Å². The molecule has 482 valence electrons. The lowest BCUT2D eigenvalue weighted by atomic mass is 10.00. The van der Waals surface area contributed by atoms with Crippen LogP contribution in [0.4, 0.5) is 0 Å². The standard InChI is InChI=1S/C76H143NO5/c1-3-5-7-9-11-13-15-17-19-21-23-25-27-29-31-33-35-36-37-38-39-40-42-44-46-48-50-52-54-56-58-60-62-64-66-68-70-74(80)76(82)77-72(71-78)75(81)73(79)69-67-65-63-61-59-57-55-53-51-49-47-45-43-41-34-32-30-28-26-24-22-20-18-16-14-12-10-8-6-4-2/h31,33,36-37,45,47,53,55,61,63,72-75,78-81H,3-30,32,34-35,38-44,46,48-52,54,56-60,62,64-71H2,1-2H3,(H,77,82)/b33-31-,37-36-,47-45+,55-53+,63-61+.